The van der Waals surface area contributed by atoms with Crippen molar-refractivity contribution >= 4 is 16.5 Å². The molecule has 1 nitrogen and oxygen atoms in total. The molecule has 0 aliphatic heterocycles. The third kappa shape index (κ3) is 3.62. The number of hydrogen-bond acceptors (Lipinski definition) is 0. The average Bonchev–Trinajstić information content (AvgIpc) is 2.61. The van der Waals surface area contributed by atoms with Gasteiger partial charge in [0, 0.05) is 10.9 Å². The second-order valence-electron chi connectivity index (χ2n) is 8.28. The molecule has 0 fully saturated rings. The smallest absolute Gasteiger partial charge is 0.140 e. The highest BCUT2D eigenvalue weighted by Gasteiger charge is 2.23. The zero-order valence-electron chi connectivity index (χ0n) is 16.2. The molecular formula is C24H30N+. The molecule has 25 heavy (non-hydrogen) atoms. The van der Waals surface area contributed by atoms with Gasteiger partial charge in [0.15, 0.2) is 0 Å². The average molecular weight is 333 g/mol. The molecule has 1 heteroatoms. The number of benzene rings is 3. The molecule has 0 atom stereocenters. The standard InChI is InChI=1S/C24H30N/c1-6-24(2,3)21-16-14-19(15-17-21)18-25(4,5)23-13-9-11-20-10-7-8-12-22(20)23/h7-17H,6,18H2,1-5H3/q+1. The van der Waals surface area contributed by atoms with Gasteiger partial charge in [-0.1, -0.05) is 75.4 Å². The summed E-state index contributed by atoms with van der Waals surface area (Å²) in [6.07, 6.45) is 1.16. The molecular weight excluding hydrogens is 302 g/mol. The Morgan fingerprint density at radius 3 is 2.12 bits per heavy atom. The molecule has 0 aliphatic rings. The van der Waals surface area contributed by atoms with Gasteiger partial charge in [-0.05, 0) is 34.9 Å². The number of fused-ring (bicyclic) bond motifs is 1. The highest BCUT2D eigenvalue weighted by Crippen LogP contribution is 2.32. The van der Waals surface area contributed by atoms with E-state index in [9.17, 15) is 0 Å². The molecule has 0 aliphatic carbocycles. The van der Waals surface area contributed by atoms with E-state index in [1.807, 2.05) is 0 Å². The Morgan fingerprint density at radius 1 is 0.800 bits per heavy atom. The van der Waals surface area contributed by atoms with Crippen LogP contribution in [0.2, 0.25) is 0 Å². The molecule has 0 amide bonds. The first-order valence-electron chi connectivity index (χ1n) is 9.24. The van der Waals surface area contributed by atoms with E-state index in [-0.39, 0.29) is 5.41 Å². The van der Waals surface area contributed by atoms with Crippen molar-refractivity contribution in [3.05, 3.63) is 77.9 Å². The monoisotopic (exact) mass is 332 g/mol. The quantitative estimate of drug-likeness (QED) is 0.481. The number of rotatable bonds is 5. The Bertz CT molecular complexity index is 851. The van der Waals surface area contributed by atoms with Crippen molar-refractivity contribution in [3.63, 3.8) is 0 Å². The predicted molar refractivity (Wildman–Crippen MR) is 111 cm³/mol. The summed E-state index contributed by atoms with van der Waals surface area (Å²) < 4.78 is 0.845. The van der Waals surface area contributed by atoms with E-state index in [2.05, 4.69) is 102 Å². The minimum Gasteiger partial charge on any atom is -0.292 e. The molecule has 0 saturated heterocycles. The van der Waals surface area contributed by atoms with Crippen molar-refractivity contribution in [3.8, 4) is 0 Å². The van der Waals surface area contributed by atoms with E-state index in [1.165, 1.54) is 27.6 Å². The molecule has 0 unspecified atom stereocenters. The molecule has 130 valence electrons. The lowest BCUT2D eigenvalue weighted by Gasteiger charge is -2.31. The Kier molecular flexibility index (Phi) is 4.71. The summed E-state index contributed by atoms with van der Waals surface area (Å²) in [5.41, 5.74) is 4.43. The maximum atomic E-state index is 2.32. The lowest BCUT2D eigenvalue weighted by molar-refractivity contribution is 0.394. The molecule has 3 aromatic rings. The van der Waals surface area contributed by atoms with Crippen LogP contribution in [0, 0.1) is 0 Å². The Balaban J connectivity index is 1.91. The summed E-state index contributed by atoms with van der Waals surface area (Å²) in [5.74, 6) is 0. The molecule has 0 N–H and O–H groups in total. The van der Waals surface area contributed by atoms with Crippen LogP contribution in [0.15, 0.2) is 66.7 Å². The largest absolute Gasteiger partial charge is 0.292 e. The van der Waals surface area contributed by atoms with Crippen LogP contribution >= 0.6 is 0 Å². The topological polar surface area (TPSA) is 0 Å². The summed E-state index contributed by atoms with van der Waals surface area (Å²) in [6, 6.07) is 24.5. The van der Waals surface area contributed by atoms with Crippen LogP contribution in [0.4, 0.5) is 5.69 Å². The SMILES string of the molecule is CCC(C)(C)c1ccc(C[N+](C)(C)c2cccc3ccccc23)cc1. The minimum atomic E-state index is 0.249. The molecule has 0 saturated carbocycles. The maximum absolute atomic E-state index is 2.32. The molecule has 0 bridgehead atoms. The first-order chi connectivity index (χ1) is 11.8. The Labute approximate surface area is 152 Å². The fraction of sp³-hybridized carbons (Fsp3) is 0.333. The van der Waals surface area contributed by atoms with Gasteiger partial charge in [-0.3, -0.25) is 4.48 Å². The van der Waals surface area contributed by atoms with E-state index in [1.54, 1.807) is 0 Å². The highest BCUT2D eigenvalue weighted by atomic mass is 15.3. The third-order valence-electron chi connectivity index (χ3n) is 5.62. The van der Waals surface area contributed by atoms with Gasteiger partial charge in [-0.15, -0.1) is 0 Å². The van der Waals surface area contributed by atoms with Crippen LogP contribution in [0.3, 0.4) is 0 Å². The lowest BCUT2D eigenvalue weighted by atomic mass is 9.82. The first kappa shape index (κ1) is 17.7. The van der Waals surface area contributed by atoms with Crippen molar-refractivity contribution in [1.29, 1.82) is 0 Å². The highest BCUT2D eigenvalue weighted by molar-refractivity contribution is 5.93. The van der Waals surface area contributed by atoms with Gasteiger partial charge in [-0.2, -0.15) is 0 Å². The van der Waals surface area contributed by atoms with Crippen LogP contribution in [-0.4, -0.2) is 14.1 Å². The predicted octanol–water partition coefficient (Wildman–Crippen LogP) is 6.29. The van der Waals surface area contributed by atoms with Gasteiger partial charge in [0.1, 0.15) is 12.2 Å². The summed E-state index contributed by atoms with van der Waals surface area (Å²) in [4.78, 5) is 0. The first-order valence-corrected chi connectivity index (χ1v) is 9.24. The third-order valence-corrected chi connectivity index (χ3v) is 5.62. The zero-order chi connectivity index (χ0) is 18.1. The van der Waals surface area contributed by atoms with Crippen LogP contribution in [0.5, 0.6) is 0 Å². The van der Waals surface area contributed by atoms with E-state index >= 15 is 0 Å². The summed E-state index contributed by atoms with van der Waals surface area (Å²) in [7, 11) is 4.59. The van der Waals surface area contributed by atoms with Gasteiger partial charge >= 0.3 is 0 Å². The van der Waals surface area contributed by atoms with Gasteiger partial charge in [0.05, 0.1) is 14.1 Å². The van der Waals surface area contributed by atoms with Crippen LogP contribution < -0.4 is 4.48 Å². The normalized spacial score (nSPS) is 12.5. The van der Waals surface area contributed by atoms with Gasteiger partial charge in [-0.25, -0.2) is 0 Å². The molecule has 0 aromatic heterocycles. The molecule has 0 spiro atoms. The minimum absolute atomic E-state index is 0.249. The second-order valence-corrected chi connectivity index (χ2v) is 8.28. The number of hydrogen-bond donors (Lipinski definition) is 0. The molecule has 0 heterocycles. The number of quaternary nitrogens is 1. The number of nitrogens with zero attached hydrogens (tertiary/aromatic N) is 1. The van der Waals surface area contributed by atoms with Gasteiger partial charge in [0.2, 0.25) is 0 Å². The maximum Gasteiger partial charge on any atom is 0.140 e. The summed E-state index contributed by atoms with van der Waals surface area (Å²) in [5, 5.41) is 2.66. The van der Waals surface area contributed by atoms with Crippen LogP contribution in [0.25, 0.3) is 10.8 Å². The van der Waals surface area contributed by atoms with Crippen molar-refractivity contribution in [2.75, 3.05) is 14.1 Å². The van der Waals surface area contributed by atoms with Gasteiger partial charge < -0.3 is 0 Å². The fourth-order valence-corrected chi connectivity index (χ4v) is 3.54. The zero-order valence-corrected chi connectivity index (χ0v) is 16.2. The van der Waals surface area contributed by atoms with Crippen LogP contribution in [0.1, 0.15) is 38.3 Å². The van der Waals surface area contributed by atoms with Crippen molar-refractivity contribution in [2.45, 2.75) is 39.2 Å². The summed E-state index contributed by atoms with van der Waals surface area (Å²) in [6.45, 7) is 7.88. The summed E-state index contributed by atoms with van der Waals surface area (Å²) >= 11 is 0. The fourth-order valence-electron chi connectivity index (χ4n) is 3.54. The lowest BCUT2D eigenvalue weighted by Crippen LogP contribution is -2.39. The van der Waals surface area contributed by atoms with Gasteiger partial charge in [0.25, 0.3) is 0 Å². The van der Waals surface area contributed by atoms with E-state index in [0.717, 1.165) is 17.4 Å². The van der Waals surface area contributed by atoms with Crippen molar-refractivity contribution < 1.29 is 0 Å². The molecule has 3 aromatic carbocycles. The molecule has 0 radical (unpaired) electrons. The van der Waals surface area contributed by atoms with E-state index in [4.69, 9.17) is 0 Å². The Hall–Kier alpha value is -2.12. The van der Waals surface area contributed by atoms with Crippen molar-refractivity contribution in [2.24, 2.45) is 0 Å². The Morgan fingerprint density at radius 2 is 1.44 bits per heavy atom. The van der Waals surface area contributed by atoms with Crippen molar-refractivity contribution in [1.82, 2.24) is 4.48 Å². The van der Waals surface area contributed by atoms with E-state index < -0.39 is 0 Å². The molecule has 3 rings (SSSR count). The van der Waals surface area contributed by atoms with Crippen LogP contribution in [-0.2, 0) is 12.0 Å². The van der Waals surface area contributed by atoms with E-state index in [0.29, 0.717) is 0 Å². The second kappa shape index (κ2) is 6.65.